The van der Waals surface area contributed by atoms with Crippen LogP contribution in [0, 0.1) is 0 Å². The normalized spacial score (nSPS) is 25.1. The molecule has 3 N–H and O–H groups in total. The summed E-state index contributed by atoms with van der Waals surface area (Å²) in [5.74, 6) is -0.294. The third kappa shape index (κ3) is 5.13. The molecule has 33 heavy (non-hydrogen) atoms. The molecule has 0 bridgehead atoms. The van der Waals surface area contributed by atoms with Crippen LogP contribution in [0.3, 0.4) is 0 Å². The summed E-state index contributed by atoms with van der Waals surface area (Å²) in [5.41, 5.74) is 6.66. The van der Waals surface area contributed by atoms with E-state index < -0.39 is 5.54 Å². The van der Waals surface area contributed by atoms with Crippen molar-refractivity contribution in [2.75, 3.05) is 11.9 Å². The zero-order chi connectivity index (χ0) is 22.9. The monoisotopic (exact) mass is 491 g/mol. The van der Waals surface area contributed by atoms with Crippen LogP contribution >= 0.6 is 24.0 Å². The van der Waals surface area contributed by atoms with Gasteiger partial charge in [-0.1, -0.05) is 29.8 Å². The summed E-state index contributed by atoms with van der Waals surface area (Å²) in [6, 6.07) is 10.3. The van der Waals surface area contributed by atoms with Crippen molar-refractivity contribution >= 4 is 47.5 Å². The van der Waals surface area contributed by atoms with Crippen LogP contribution in [-0.4, -0.2) is 46.4 Å². The molecule has 8 nitrogen and oxygen atoms in total. The lowest BCUT2D eigenvalue weighted by Crippen LogP contribution is -2.56. The molecule has 0 saturated carbocycles. The van der Waals surface area contributed by atoms with Gasteiger partial charge in [0.2, 0.25) is 5.91 Å². The average Bonchev–Trinajstić information content (AvgIpc) is 2.75. The van der Waals surface area contributed by atoms with E-state index in [0.29, 0.717) is 29.3 Å². The maximum absolute atomic E-state index is 13.2. The van der Waals surface area contributed by atoms with Gasteiger partial charge in [0.1, 0.15) is 5.69 Å². The Kier molecular flexibility index (Phi) is 7.62. The van der Waals surface area contributed by atoms with Gasteiger partial charge >= 0.3 is 0 Å². The van der Waals surface area contributed by atoms with Gasteiger partial charge in [-0.15, -0.1) is 12.4 Å². The summed E-state index contributed by atoms with van der Waals surface area (Å²) in [6.07, 6.45) is 3.17. The quantitative estimate of drug-likeness (QED) is 0.676. The Morgan fingerprint density at radius 3 is 2.76 bits per heavy atom. The number of halogens is 2. The molecular formula is C23H27Cl2N5O3. The minimum absolute atomic E-state index is 0. The molecule has 2 amide bonds. The van der Waals surface area contributed by atoms with Crippen LogP contribution in [-0.2, 0) is 15.1 Å². The first-order valence-corrected chi connectivity index (χ1v) is 11.0. The van der Waals surface area contributed by atoms with Gasteiger partial charge in [-0.2, -0.15) is 0 Å². The summed E-state index contributed by atoms with van der Waals surface area (Å²) in [7, 11) is 0. The van der Waals surface area contributed by atoms with Crippen LogP contribution in [0.2, 0.25) is 5.02 Å². The number of benzene rings is 1. The van der Waals surface area contributed by atoms with E-state index in [1.807, 2.05) is 13.8 Å². The number of nitrogens with two attached hydrogens (primary N) is 1. The highest BCUT2D eigenvalue weighted by atomic mass is 35.5. The zero-order valence-electron chi connectivity index (χ0n) is 18.5. The number of amides is 2. The number of nitrogens with one attached hydrogen (secondary N) is 1. The fourth-order valence-electron chi connectivity index (χ4n) is 4.34. The maximum Gasteiger partial charge on any atom is 0.274 e. The largest absolute Gasteiger partial charge is 0.378 e. The zero-order valence-corrected chi connectivity index (χ0v) is 20.0. The molecule has 3 atom stereocenters. The summed E-state index contributed by atoms with van der Waals surface area (Å²) >= 11 is 6.68. The third-order valence-corrected chi connectivity index (χ3v) is 6.33. The van der Waals surface area contributed by atoms with Crippen molar-refractivity contribution in [3.05, 3.63) is 58.9 Å². The minimum atomic E-state index is -0.947. The number of pyridine rings is 1. The van der Waals surface area contributed by atoms with Crippen LogP contribution in [0.5, 0.6) is 0 Å². The van der Waals surface area contributed by atoms with Crippen molar-refractivity contribution in [2.45, 2.75) is 50.8 Å². The Hall–Kier alpha value is -2.68. The predicted octanol–water partition coefficient (Wildman–Crippen LogP) is 3.74. The molecule has 0 unspecified atom stereocenters. The smallest absolute Gasteiger partial charge is 0.274 e. The van der Waals surface area contributed by atoms with Gasteiger partial charge in [0.25, 0.3) is 5.91 Å². The van der Waals surface area contributed by atoms with Crippen molar-refractivity contribution < 1.29 is 14.3 Å². The molecule has 1 aromatic heterocycles. The van der Waals surface area contributed by atoms with Gasteiger partial charge in [-0.25, -0.2) is 4.99 Å². The summed E-state index contributed by atoms with van der Waals surface area (Å²) in [5, 5.41) is 3.11. The predicted molar refractivity (Wildman–Crippen MR) is 130 cm³/mol. The lowest BCUT2D eigenvalue weighted by molar-refractivity contribution is -0.133. The van der Waals surface area contributed by atoms with Crippen LogP contribution < -0.4 is 11.1 Å². The molecule has 176 valence electrons. The number of ether oxygens (including phenoxy) is 1. The minimum Gasteiger partial charge on any atom is -0.378 e. The van der Waals surface area contributed by atoms with E-state index in [1.165, 1.54) is 0 Å². The molecule has 2 aromatic rings. The van der Waals surface area contributed by atoms with Gasteiger partial charge in [-0.05, 0) is 44.9 Å². The first kappa shape index (κ1) is 25.0. The number of carbonyl (C=O) groups excluding carboxylic acids is 2. The van der Waals surface area contributed by atoms with Gasteiger partial charge in [0, 0.05) is 24.4 Å². The SMILES string of the molecule is C[C@@H]1C[C@H](N2C(=O)C[C@@](C)(c3cccc(NC(=O)c4ccccn4)c3Cl)N=C2N)CCO1.Cl. The fourth-order valence-corrected chi connectivity index (χ4v) is 4.71. The molecule has 4 rings (SSSR count). The molecule has 10 heteroatoms. The van der Waals surface area contributed by atoms with Crippen molar-refractivity contribution in [1.29, 1.82) is 0 Å². The molecule has 1 aromatic carbocycles. The summed E-state index contributed by atoms with van der Waals surface area (Å²) in [4.78, 5) is 36.1. The van der Waals surface area contributed by atoms with Gasteiger partial charge < -0.3 is 15.8 Å². The highest BCUT2D eigenvalue weighted by molar-refractivity contribution is 6.34. The van der Waals surface area contributed by atoms with Crippen molar-refractivity contribution in [1.82, 2.24) is 9.88 Å². The first-order valence-electron chi connectivity index (χ1n) is 10.6. The Bertz CT molecular complexity index is 1070. The number of aromatic nitrogens is 1. The topological polar surface area (TPSA) is 110 Å². The van der Waals surface area contributed by atoms with Gasteiger partial charge in [0.15, 0.2) is 5.96 Å². The van der Waals surface area contributed by atoms with E-state index in [2.05, 4.69) is 10.3 Å². The number of anilines is 1. The second kappa shape index (κ2) is 10.1. The molecule has 2 aliphatic rings. The lowest BCUT2D eigenvalue weighted by Gasteiger charge is -2.41. The molecule has 0 aliphatic carbocycles. The number of nitrogens with zero attached hydrogens (tertiary/aromatic N) is 3. The highest BCUT2D eigenvalue weighted by Crippen LogP contribution is 2.41. The second-order valence-corrected chi connectivity index (χ2v) is 8.76. The Morgan fingerprint density at radius 1 is 1.30 bits per heavy atom. The molecule has 1 saturated heterocycles. The number of rotatable bonds is 4. The van der Waals surface area contributed by atoms with E-state index in [1.54, 1.807) is 47.5 Å². The van der Waals surface area contributed by atoms with Gasteiger partial charge in [0.05, 0.1) is 28.8 Å². The van der Waals surface area contributed by atoms with Crippen LogP contribution in [0.1, 0.15) is 49.2 Å². The standard InChI is InChI=1S/C23H26ClN5O3.ClH/c1-14-12-15(9-11-32-14)29-19(30)13-23(2,28-22(29)25)16-6-5-8-17(20(16)24)27-21(31)18-7-3-4-10-26-18;/h3-8,10,14-15H,9,11-13H2,1-2H3,(H2,25,28)(H,27,31);1H/t14-,15-,23+;/m1./s1. The lowest BCUT2D eigenvalue weighted by atomic mass is 9.86. The van der Waals surface area contributed by atoms with E-state index in [9.17, 15) is 9.59 Å². The van der Waals surface area contributed by atoms with Crippen LogP contribution in [0.15, 0.2) is 47.6 Å². The Balaban J connectivity index is 0.00000306. The number of aliphatic imine (C=N–C) groups is 1. The van der Waals surface area contributed by atoms with Crippen molar-refractivity contribution in [2.24, 2.45) is 10.7 Å². The Morgan fingerprint density at radius 2 is 2.09 bits per heavy atom. The second-order valence-electron chi connectivity index (χ2n) is 8.38. The number of carbonyl (C=O) groups is 2. The molecule has 0 spiro atoms. The molecule has 2 aliphatic heterocycles. The molecular weight excluding hydrogens is 465 g/mol. The first-order chi connectivity index (χ1) is 15.3. The van der Waals surface area contributed by atoms with Crippen molar-refractivity contribution in [3.63, 3.8) is 0 Å². The van der Waals surface area contributed by atoms with Crippen molar-refractivity contribution in [3.8, 4) is 0 Å². The number of hydrogen-bond acceptors (Lipinski definition) is 6. The maximum atomic E-state index is 13.2. The van der Waals surface area contributed by atoms with Gasteiger partial charge in [-0.3, -0.25) is 19.5 Å². The summed E-state index contributed by atoms with van der Waals surface area (Å²) < 4.78 is 5.60. The number of hydrogen-bond donors (Lipinski definition) is 2. The molecule has 3 heterocycles. The van der Waals surface area contributed by atoms with Crippen LogP contribution in [0.25, 0.3) is 0 Å². The van der Waals surface area contributed by atoms with E-state index in [4.69, 9.17) is 27.1 Å². The van der Waals surface area contributed by atoms with E-state index >= 15 is 0 Å². The average molecular weight is 492 g/mol. The molecule has 0 radical (unpaired) electrons. The Labute approximate surface area is 204 Å². The van der Waals surface area contributed by atoms with E-state index in [-0.39, 0.29) is 54.4 Å². The number of guanidine groups is 1. The summed E-state index contributed by atoms with van der Waals surface area (Å²) in [6.45, 7) is 4.40. The molecule has 1 fully saturated rings. The van der Waals surface area contributed by atoms with E-state index in [0.717, 1.165) is 6.42 Å². The van der Waals surface area contributed by atoms with Crippen LogP contribution in [0.4, 0.5) is 5.69 Å². The fraction of sp³-hybridized carbons (Fsp3) is 0.391. The highest BCUT2D eigenvalue weighted by Gasteiger charge is 2.42. The third-order valence-electron chi connectivity index (χ3n) is 5.92.